The third kappa shape index (κ3) is 1.98. The Morgan fingerprint density at radius 3 is 2.19 bits per heavy atom. The molecule has 1 nitrogen and oxygen atoms in total. The zero-order valence-electron chi connectivity index (χ0n) is 8.07. The van der Waals surface area contributed by atoms with E-state index < -0.39 is 28.9 Å². The van der Waals surface area contributed by atoms with Crippen molar-refractivity contribution >= 4 is 5.69 Å². The van der Waals surface area contributed by atoms with Gasteiger partial charge in [-0.1, -0.05) is 6.07 Å². The number of rotatable bonds is 1. The molecule has 0 saturated heterocycles. The van der Waals surface area contributed by atoms with Crippen molar-refractivity contribution in [3.05, 3.63) is 41.0 Å². The van der Waals surface area contributed by atoms with Gasteiger partial charge in [0.2, 0.25) is 11.4 Å². The first-order valence-corrected chi connectivity index (χ1v) is 4.13. The summed E-state index contributed by atoms with van der Waals surface area (Å²) in [5, 5.41) is 0. The molecule has 86 valence electrons. The molecular formula is C10H6F5N. The largest absolute Gasteiger partial charge is 0.426 e. The average molecular weight is 235 g/mol. The second-order valence-corrected chi connectivity index (χ2v) is 3.28. The number of hydrogen-bond acceptors (Lipinski definition) is 0. The van der Waals surface area contributed by atoms with Gasteiger partial charge in [-0.15, -0.1) is 0 Å². The van der Waals surface area contributed by atoms with E-state index in [1.807, 2.05) is 0 Å². The molecule has 0 radical (unpaired) electrons. The molecule has 16 heavy (non-hydrogen) atoms. The molecule has 0 aromatic heterocycles. The second kappa shape index (κ2) is 3.74. The summed E-state index contributed by atoms with van der Waals surface area (Å²) < 4.78 is 63.2. The summed E-state index contributed by atoms with van der Waals surface area (Å²) in [6.45, 7) is 6.85. The monoisotopic (exact) mass is 235 g/mol. The van der Waals surface area contributed by atoms with Gasteiger partial charge >= 0.3 is 6.18 Å². The van der Waals surface area contributed by atoms with Crippen molar-refractivity contribution in [3.8, 4) is 0 Å². The molecule has 1 aromatic carbocycles. The van der Waals surface area contributed by atoms with Crippen molar-refractivity contribution in [2.24, 2.45) is 0 Å². The summed E-state index contributed by atoms with van der Waals surface area (Å²) in [6.07, 6.45) is -5.11. The number of halogens is 5. The molecule has 0 aliphatic rings. The highest BCUT2D eigenvalue weighted by atomic mass is 19.4. The van der Waals surface area contributed by atoms with Crippen LogP contribution in [0.2, 0.25) is 0 Å². The fourth-order valence-corrected chi connectivity index (χ4v) is 1.05. The van der Waals surface area contributed by atoms with E-state index in [-0.39, 0.29) is 0 Å². The fourth-order valence-electron chi connectivity index (χ4n) is 1.05. The lowest BCUT2D eigenvalue weighted by Crippen LogP contribution is -2.34. The van der Waals surface area contributed by atoms with E-state index in [0.29, 0.717) is 25.1 Å². The molecule has 1 unspecified atom stereocenters. The molecule has 0 bridgehead atoms. The van der Waals surface area contributed by atoms with Gasteiger partial charge in [-0.3, -0.25) is 0 Å². The van der Waals surface area contributed by atoms with E-state index >= 15 is 0 Å². The topological polar surface area (TPSA) is 4.36 Å². The zero-order valence-corrected chi connectivity index (χ0v) is 8.07. The molecule has 0 fully saturated rings. The zero-order chi connectivity index (χ0) is 12.6. The quantitative estimate of drug-likeness (QED) is 0.509. The maximum absolute atomic E-state index is 13.4. The molecule has 0 N–H and O–H groups in total. The molecule has 1 aromatic rings. The van der Waals surface area contributed by atoms with E-state index in [4.69, 9.17) is 6.57 Å². The molecule has 0 aliphatic heterocycles. The van der Waals surface area contributed by atoms with E-state index in [9.17, 15) is 22.0 Å². The number of hydrogen-bond donors (Lipinski definition) is 0. The summed E-state index contributed by atoms with van der Waals surface area (Å²) in [7, 11) is 0. The third-order valence-electron chi connectivity index (χ3n) is 2.14. The lowest BCUT2D eigenvalue weighted by atomic mass is 9.97. The first-order chi connectivity index (χ1) is 7.20. The van der Waals surface area contributed by atoms with Gasteiger partial charge in [-0.05, 0) is 24.6 Å². The minimum atomic E-state index is -5.11. The van der Waals surface area contributed by atoms with Crippen LogP contribution in [0.25, 0.3) is 4.85 Å². The minimum Gasteiger partial charge on any atom is -0.235 e. The number of alkyl halides is 4. The van der Waals surface area contributed by atoms with E-state index in [1.54, 1.807) is 0 Å². The molecule has 6 heteroatoms. The van der Waals surface area contributed by atoms with Gasteiger partial charge in [0.25, 0.3) is 0 Å². The summed E-state index contributed by atoms with van der Waals surface area (Å²) >= 11 is 0. The van der Waals surface area contributed by atoms with Gasteiger partial charge < -0.3 is 0 Å². The Hall–Kier alpha value is -1.64. The van der Waals surface area contributed by atoms with Crippen LogP contribution in [0.3, 0.4) is 0 Å². The first-order valence-electron chi connectivity index (χ1n) is 4.13. The molecular weight excluding hydrogens is 229 g/mol. The molecule has 0 heterocycles. The van der Waals surface area contributed by atoms with Gasteiger partial charge in [0.1, 0.15) is 5.82 Å². The molecule has 0 saturated carbocycles. The first kappa shape index (κ1) is 12.4. The van der Waals surface area contributed by atoms with Gasteiger partial charge in [0.15, 0.2) is 0 Å². The van der Waals surface area contributed by atoms with Crippen LogP contribution in [0.5, 0.6) is 0 Å². The Morgan fingerprint density at radius 2 is 1.75 bits per heavy atom. The maximum Gasteiger partial charge on any atom is 0.426 e. The Balaban J connectivity index is 3.31. The predicted molar refractivity (Wildman–Crippen MR) is 47.2 cm³/mol. The number of nitrogens with zero attached hydrogens (tertiary/aromatic N) is 1. The van der Waals surface area contributed by atoms with Gasteiger partial charge in [-0.25, -0.2) is 13.6 Å². The van der Waals surface area contributed by atoms with Crippen LogP contribution in [-0.4, -0.2) is 6.18 Å². The highest BCUT2D eigenvalue weighted by molar-refractivity contribution is 5.49. The van der Waals surface area contributed by atoms with E-state index in [0.717, 1.165) is 0 Å². The summed E-state index contributed by atoms with van der Waals surface area (Å²) in [4.78, 5) is 2.67. The molecule has 0 aliphatic carbocycles. The van der Waals surface area contributed by atoms with E-state index in [1.165, 1.54) is 0 Å². The lowest BCUT2D eigenvalue weighted by molar-refractivity contribution is -0.228. The van der Waals surface area contributed by atoms with Crippen LogP contribution in [0, 0.1) is 12.4 Å². The van der Waals surface area contributed by atoms with Crippen molar-refractivity contribution in [3.63, 3.8) is 0 Å². The van der Waals surface area contributed by atoms with Crippen molar-refractivity contribution in [1.29, 1.82) is 0 Å². The molecule has 0 amide bonds. The number of benzene rings is 1. The fraction of sp³-hybridized carbons (Fsp3) is 0.300. The van der Waals surface area contributed by atoms with E-state index in [2.05, 4.69) is 4.85 Å². The van der Waals surface area contributed by atoms with Crippen molar-refractivity contribution < 1.29 is 22.0 Å². The lowest BCUT2D eigenvalue weighted by Gasteiger charge is -2.24. The summed E-state index contributed by atoms with van der Waals surface area (Å²) in [6, 6.07) is 1.89. The second-order valence-electron chi connectivity index (χ2n) is 3.28. The Bertz CT molecular complexity index is 442. The van der Waals surface area contributed by atoms with Crippen LogP contribution >= 0.6 is 0 Å². The van der Waals surface area contributed by atoms with Crippen molar-refractivity contribution in [1.82, 2.24) is 0 Å². The Kier molecular flexibility index (Phi) is 2.91. The maximum atomic E-state index is 13.4. The average Bonchev–Trinajstić information content (AvgIpc) is 2.16. The standard InChI is InChI=1S/C10H6F5N/c1-9(12,10(13,14)15)6-3-4-7(11)8(5-6)16-2/h3-5H,1H3. The third-order valence-corrected chi connectivity index (χ3v) is 2.14. The van der Waals surface area contributed by atoms with Crippen molar-refractivity contribution in [2.75, 3.05) is 0 Å². The normalized spacial score (nSPS) is 15.3. The molecule has 0 spiro atoms. The van der Waals surface area contributed by atoms with Crippen LogP contribution in [-0.2, 0) is 5.67 Å². The van der Waals surface area contributed by atoms with Crippen LogP contribution in [0.1, 0.15) is 12.5 Å². The SMILES string of the molecule is [C-]#[N+]c1cc(C(C)(F)C(F)(F)F)ccc1F. The van der Waals surface area contributed by atoms with Crippen molar-refractivity contribution in [2.45, 2.75) is 18.8 Å². The molecule has 1 atom stereocenters. The minimum absolute atomic E-state index is 0.327. The predicted octanol–water partition coefficient (Wildman–Crippen LogP) is 4.12. The van der Waals surface area contributed by atoms with Gasteiger partial charge in [0.05, 0.1) is 6.57 Å². The van der Waals surface area contributed by atoms with Crippen LogP contribution in [0.15, 0.2) is 18.2 Å². The Labute approximate surface area is 88.3 Å². The Morgan fingerprint density at radius 1 is 1.19 bits per heavy atom. The van der Waals surface area contributed by atoms with Gasteiger partial charge in [0, 0.05) is 0 Å². The highest BCUT2D eigenvalue weighted by Crippen LogP contribution is 2.43. The summed E-state index contributed by atoms with van der Waals surface area (Å²) in [5.41, 5.74) is -5.02. The highest BCUT2D eigenvalue weighted by Gasteiger charge is 2.53. The molecule has 1 rings (SSSR count). The smallest absolute Gasteiger partial charge is 0.235 e. The van der Waals surface area contributed by atoms with Gasteiger partial charge in [-0.2, -0.15) is 13.2 Å². The van der Waals surface area contributed by atoms with Crippen LogP contribution in [0.4, 0.5) is 27.6 Å². The van der Waals surface area contributed by atoms with Crippen LogP contribution < -0.4 is 0 Å². The summed E-state index contributed by atoms with van der Waals surface area (Å²) in [5.74, 6) is -0.975.